The third-order valence-electron chi connectivity index (χ3n) is 4.29. The summed E-state index contributed by atoms with van der Waals surface area (Å²) in [6.07, 6.45) is 1.23. The summed E-state index contributed by atoms with van der Waals surface area (Å²) in [4.78, 5) is 1.67. The molecule has 6 heteroatoms. The maximum Gasteiger partial charge on any atom is 0.175 e. The minimum atomic E-state index is -3.23. The average molecular weight is 371 g/mol. The number of likely N-dealkylation sites (N-methyl/N-ethyl adjacent to an activating group) is 1. The maximum absolute atomic E-state index is 11.8. The summed E-state index contributed by atoms with van der Waals surface area (Å²) in [5.41, 5.74) is 3.17. The highest BCUT2D eigenvalue weighted by Crippen LogP contribution is 2.35. The lowest BCUT2D eigenvalue weighted by Crippen LogP contribution is -3.09. The van der Waals surface area contributed by atoms with E-state index in [2.05, 4.69) is 7.05 Å². The number of hydrogen-bond acceptors (Lipinski definition) is 2. The van der Waals surface area contributed by atoms with E-state index in [1.54, 1.807) is 24.3 Å². The van der Waals surface area contributed by atoms with E-state index in [1.165, 1.54) is 11.2 Å². The van der Waals surface area contributed by atoms with Crippen molar-refractivity contribution in [2.24, 2.45) is 0 Å². The van der Waals surface area contributed by atoms with E-state index < -0.39 is 9.84 Å². The maximum atomic E-state index is 11.8. The summed E-state index contributed by atoms with van der Waals surface area (Å²) in [5.74, 6) is 0.0802. The number of benzene rings is 2. The molecule has 1 aliphatic rings. The molecule has 0 radical (unpaired) electrons. The van der Waals surface area contributed by atoms with E-state index in [0.717, 1.165) is 29.8 Å². The highest BCUT2D eigenvalue weighted by molar-refractivity contribution is 7.90. The minimum Gasteiger partial charge on any atom is -0.333 e. The van der Waals surface area contributed by atoms with E-state index in [4.69, 9.17) is 23.2 Å². The first kappa shape index (κ1) is 16.8. The number of halogens is 2. The van der Waals surface area contributed by atoms with Crippen molar-refractivity contribution in [1.29, 1.82) is 0 Å². The predicted octanol–water partition coefficient (Wildman–Crippen LogP) is 2.56. The Morgan fingerprint density at radius 1 is 1.17 bits per heavy atom. The van der Waals surface area contributed by atoms with Crippen LogP contribution in [0.25, 0.3) is 0 Å². The number of nitrogens with one attached hydrogen (secondary N) is 1. The molecule has 0 saturated carbocycles. The van der Waals surface area contributed by atoms with Crippen molar-refractivity contribution in [2.75, 3.05) is 19.8 Å². The van der Waals surface area contributed by atoms with Gasteiger partial charge in [-0.15, -0.1) is 0 Å². The van der Waals surface area contributed by atoms with Gasteiger partial charge in [-0.25, -0.2) is 8.42 Å². The van der Waals surface area contributed by atoms with Gasteiger partial charge in [0.05, 0.1) is 29.4 Å². The molecule has 0 aromatic heterocycles. The predicted molar refractivity (Wildman–Crippen MR) is 93.3 cm³/mol. The topological polar surface area (TPSA) is 38.6 Å². The molecule has 122 valence electrons. The number of hydrogen-bond donors (Lipinski definition) is 1. The lowest BCUT2D eigenvalue weighted by atomic mass is 9.85. The fraction of sp³-hybridized carbons (Fsp3) is 0.294. The lowest BCUT2D eigenvalue weighted by molar-refractivity contribution is -0.897. The molecule has 2 atom stereocenters. The Kier molecular flexibility index (Phi) is 4.45. The summed E-state index contributed by atoms with van der Waals surface area (Å²) in [6, 6.07) is 10.9. The van der Waals surface area contributed by atoms with Crippen molar-refractivity contribution in [3.63, 3.8) is 0 Å². The van der Waals surface area contributed by atoms with E-state index >= 15 is 0 Å². The molecule has 0 bridgehead atoms. The summed E-state index contributed by atoms with van der Waals surface area (Å²) >= 11 is 12.6. The van der Waals surface area contributed by atoms with Crippen LogP contribution in [0.5, 0.6) is 0 Å². The van der Waals surface area contributed by atoms with Crippen molar-refractivity contribution >= 4 is 33.0 Å². The van der Waals surface area contributed by atoms with Crippen LogP contribution in [0.1, 0.15) is 22.6 Å². The van der Waals surface area contributed by atoms with Crippen LogP contribution in [0.3, 0.4) is 0 Å². The molecule has 2 aromatic carbocycles. The van der Waals surface area contributed by atoms with Gasteiger partial charge in [-0.3, -0.25) is 0 Å². The Hall–Kier alpha value is -1.07. The number of sulfone groups is 1. The van der Waals surface area contributed by atoms with Crippen LogP contribution < -0.4 is 4.90 Å². The fourth-order valence-corrected chi connectivity index (χ4v) is 4.46. The zero-order valence-electron chi connectivity index (χ0n) is 12.9. The van der Waals surface area contributed by atoms with Gasteiger partial charge in [0, 0.05) is 16.8 Å². The fourth-order valence-electron chi connectivity index (χ4n) is 3.21. The summed E-state index contributed by atoms with van der Waals surface area (Å²) in [7, 11) is -1.12. The number of rotatable bonds is 2. The molecule has 1 unspecified atom stereocenters. The molecule has 1 aliphatic heterocycles. The van der Waals surface area contributed by atoms with Crippen molar-refractivity contribution in [2.45, 2.75) is 17.4 Å². The van der Waals surface area contributed by atoms with Crippen LogP contribution >= 0.6 is 23.2 Å². The number of fused-ring (bicyclic) bond motifs is 1. The molecule has 3 rings (SSSR count). The van der Waals surface area contributed by atoms with Gasteiger partial charge in [-0.05, 0) is 35.4 Å². The first-order valence-corrected chi connectivity index (χ1v) is 9.99. The molecule has 23 heavy (non-hydrogen) atoms. The van der Waals surface area contributed by atoms with Crippen LogP contribution in [-0.2, 0) is 16.4 Å². The molecule has 3 nitrogen and oxygen atoms in total. The molecule has 0 spiro atoms. The Bertz CT molecular complexity index is 865. The zero-order chi connectivity index (χ0) is 16.8. The SMILES string of the molecule is C[NH+]1Cc2c(Cl)cc(Cl)cc2[C@H](c2cccc(S(C)(=O)=O)c2)C1. The smallest absolute Gasteiger partial charge is 0.175 e. The van der Waals surface area contributed by atoms with Gasteiger partial charge >= 0.3 is 0 Å². The largest absolute Gasteiger partial charge is 0.333 e. The molecule has 0 fully saturated rings. The van der Waals surface area contributed by atoms with Gasteiger partial charge in [0.25, 0.3) is 0 Å². The van der Waals surface area contributed by atoms with E-state index in [9.17, 15) is 8.42 Å². The highest BCUT2D eigenvalue weighted by Gasteiger charge is 2.30. The molecular weight excluding hydrogens is 353 g/mol. The van der Waals surface area contributed by atoms with Crippen molar-refractivity contribution in [1.82, 2.24) is 0 Å². The van der Waals surface area contributed by atoms with E-state index in [1.807, 2.05) is 12.1 Å². The van der Waals surface area contributed by atoms with Gasteiger partial charge in [-0.1, -0.05) is 35.3 Å². The zero-order valence-corrected chi connectivity index (χ0v) is 15.3. The van der Waals surface area contributed by atoms with Gasteiger partial charge in [0.1, 0.15) is 6.54 Å². The van der Waals surface area contributed by atoms with Gasteiger partial charge in [-0.2, -0.15) is 0 Å². The molecule has 0 saturated heterocycles. The van der Waals surface area contributed by atoms with Crippen molar-refractivity contribution in [3.05, 3.63) is 63.1 Å². The van der Waals surface area contributed by atoms with Gasteiger partial charge in [0.15, 0.2) is 9.84 Å². The Balaban J connectivity index is 2.15. The lowest BCUT2D eigenvalue weighted by Gasteiger charge is -2.31. The second-order valence-corrected chi connectivity index (χ2v) is 9.05. The third-order valence-corrected chi connectivity index (χ3v) is 5.96. The molecule has 0 aliphatic carbocycles. The second-order valence-electron chi connectivity index (χ2n) is 6.19. The van der Waals surface area contributed by atoms with Crippen LogP contribution in [0, 0.1) is 0 Å². The molecule has 0 amide bonds. The van der Waals surface area contributed by atoms with Gasteiger partial charge < -0.3 is 4.90 Å². The minimum absolute atomic E-state index is 0.0802. The normalized spacial score (nSPS) is 21.0. The number of quaternary nitrogens is 1. The highest BCUT2D eigenvalue weighted by atomic mass is 35.5. The Labute approximate surface area is 146 Å². The van der Waals surface area contributed by atoms with Crippen LogP contribution in [0.4, 0.5) is 0 Å². The Morgan fingerprint density at radius 3 is 2.61 bits per heavy atom. The molecule has 1 N–H and O–H groups in total. The first-order chi connectivity index (χ1) is 10.8. The van der Waals surface area contributed by atoms with Crippen LogP contribution in [0.2, 0.25) is 10.0 Å². The molecular formula is C17H18Cl2NO2S+. The summed E-state index contributed by atoms with van der Waals surface area (Å²) in [6.45, 7) is 1.71. The summed E-state index contributed by atoms with van der Waals surface area (Å²) in [5, 5.41) is 1.29. The van der Waals surface area contributed by atoms with Crippen LogP contribution in [0.15, 0.2) is 41.3 Å². The Morgan fingerprint density at radius 2 is 1.91 bits per heavy atom. The first-order valence-electron chi connectivity index (χ1n) is 7.35. The van der Waals surface area contributed by atoms with E-state index in [0.29, 0.717) is 14.9 Å². The standard InChI is InChI=1S/C17H17Cl2NO2S/c1-20-9-15(11-4-3-5-13(6-11)23(2,21)22)14-7-12(18)8-17(19)16(14)10-20/h3-8,15H,9-10H2,1-2H3/p+1/t15-/m0/s1. The van der Waals surface area contributed by atoms with E-state index in [-0.39, 0.29) is 5.92 Å². The third kappa shape index (κ3) is 3.41. The summed E-state index contributed by atoms with van der Waals surface area (Å²) < 4.78 is 23.7. The van der Waals surface area contributed by atoms with Gasteiger partial charge in [0.2, 0.25) is 0 Å². The average Bonchev–Trinajstić information content (AvgIpc) is 2.47. The quantitative estimate of drug-likeness (QED) is 0.881. The second kappa shape index (κ2) is 6.10. The molecule has 1 heterocycles. The van der Waals surface area contributed by atoms with Crippen molar-refractivity contribution < 1.29 is 13.3 Å². The van der Waals surface area contributed by atoms with Crippen LogP contribution in [-0.4, -0.2) is 28.3 Å². The monoisotopic (exact) mass is 370 g/mol. The molecule has 2 aromatic rings. The van der Waals surface area contributed by atoms with Crippen molar-refractivity contribution in [3.8, 4) is 0 Å².